The lowest BCUT2D eigenvalue weighted by Gasteiger charge is -2.00. The zero-order valence-electron chi connectivity index (χ0n) is 10.1. The first kappa shape index (κ1) is 13.4. The minimum Gasteiger partial charge on any atom is -0.149 e. The van der Waals surface area contributed by atoms with Crippen LogP contribution in [0.5, 0.6) is 0 Å². The van der Waals surface area contributed by atoms with E-state index in [1.54, 1.807) is 0 Å². The van der Waals surface area contributed by atoms with Gasteiger partial charge >= 0.3 is 0 Å². The zero-order chi connectivity index (χ0) is 13.1. The van der Waals surface area contributed by atoms with E-state index in [-0.39, 0.29) is 0 Å². The first-order valence-electron chi connectivity index (χ1n) is 5.50. The molecule has 4 heteroatoms. The van der Waals surface area contributed by atoms with Crippen LogP contribution in [0.1, 0.15) is 11.1 Å². The Morgan fingerprint density at radius 3 is 1.44 bits per heavy atom. The summed E-state index contributed by atoms with van der Waals surface area (Å²) in [6, 6.07) is 12.0. The predicted molar refractivity (Wildman–Crippen MR) is 81.9 cm³/mol. The van der Waals surface area contributed by atoms with Crippen molar-refractivity contribution in [1.82, 2.24) is 0 Å². The largest absolute Gasteiger partial charge is 0.149 e. The van der Waals surface area contributed by atoms with E-state index in [9.17, 15) is 0 Å². The summed E-state index contributed by atoms with van der Waals surface area (Å²) in [7, 11) is 0. The van der Waals surface area contributed by atoms with Crippen LogP contribution in [0.25, 0.3) is 0 Å². The summed E-state index contributed by atoms with van der Waals surface area (Å²) in [5, 5.41) is 8.51. The summed E-state index contributed by atoms with van der Waals surface area (Å²) in [5.74, 6) is 0. The van der Waals surface area contributed by atoms with Crippen molar-refractivity contribution < 1.29 is 0 Å². The van der Waals surface area contributed by atoms with Crippen LogP contribution in [0.15, 0.2) is 55.6 Å². The predicted octanol–water partition coefficient (Wildman–Crippen LogP) is 6.24. The molecule has 2 nitrogen and oxygen atoms in total. The summed E-state index contributed by atoms with van der Waals surface area (Å²) in [6.45, 7) is 4.09. The average molecular weight is 368 g/mol. The van der Waals surface area contributed by atoms with Crippen molar-refractivity contribution >= 4 is 43.2 Å². The van der Waals surface area contributed by atoms with E-state index in [1.807, 2.05) is 50.2 Å². The highest BCUT2D eigenvalue weighted by molar-refractivity contribution is 9.11. The van der Waals surface area contributed by atoms with Gasteiger partial charge in [0.15, 0.2) is 0 Å². The second-order valence-corrected chi connectivity index (χ2v) is 5.82. The molecule has 0 amide bonds. The van der Waals surface area contributed by atoms with Crippen LogP contribution in [0, 0.1) is 13.8 Å². The number of hydrogen-bond acceptors (Lipinski definition) is 2. The second kappa shape index (κ2) is 5.76. The van der Waals surface area contributed by atoms with Crippen LogP contribution in [0.3, 0.4) is 0 Å². The smallest absolute Gasteiger partial charge is 0.0999 e. The lowest BCUT2D eigenvalue weighted by atomic mass is 10.2. The Bertz CT molecular complexity index is 553. The molecule has 2 rings (SSSR count). The highest BCUT2D eigenvalue weighted by Gasteiger charge is 2.00. The van der Waals surface area contributed by atoms with Crippen molar-refractivity contribution in [2.24, 2.45) is 10.2 Å². The quantitative estimate of drug-likeness (QED) is 0.561. The molecule has 0 N–H and O–H groups in total. The van der Waals surface area contributed by atoms with E-state index < -0.39 is 0 Å². The van der Waals surface area contributed by atoms with Gasteiger partial charge in [-0.15, -0.1) is 10.2 Å². The highest BCUT2D eigenvalue weighted by Crippen LogP contribution is 2.31. The maximum Gasteiger partial charge on any atom is 0.0999 e. The molecule has 92 valence electrons. The molecule has 0 aromatic heterocycles. The standard InChI is InChI=1S/C14H12Br2N2/c1-9-3-5-13(11(15)7-9)17-18-14-6-4-10(2)8-12(14)16/h3-8H,1-2H3. The first-order chi connectivity index (χ1) is 8.56. The van der Waals surface area contributed by atoms with E-state index in [4.69, 9.17) is 0 Å². The molecule has 0 aliphatic heterocycles. The summed E-state index contributed by atoms with van der Waals surface area (Å²) < 4.78 is 1.91. The molecule has 0 saturated carbocycles. The number of hydrogen-bond donors (Lipinski definition) is 0. The highest BCUT2D eigenvalue weighted by atomic mass is 79.9. The minimum atomic E-state index is 0.827. The van der Waals surface area contributed by atoms with Gasteiger partial charge in [-0.05, 0) is 81.1 Å². The molecule has 0 saturated heterocycles. The van der Waals surface area contributed by atoms with Crippen LogP contribution in [0.4, 0.5) is 11.4 Å². The summed E-state index contributed by atoms with van der Waals surface area (Å²) >= 11 is 6.97. The van der Waals surface area contributed by atoms with Gasteiger partial charge in [0.2, 0.25) is 0 Å². The molecule has 0 bridgehead atoms. The Hall–Kier alpha value is -1.000. The number of aryl methyl sites for hydroxylation is 2. The van der Waals surface area contributed by atoms with Gasteiger partial charge in [-0.3, -0.25) is 0 Å². The third-order valence-electron chi connectivity index (χ3n) is 2.47. The molecule has 0 heterocycles. The molecule has 0 atom stereocenters. The Morgan fingerprint density at radius 2 is 1.11 bits per heavy atom. The summed E-state index contributed by atoms with van der Waals surface area (Å²) in [5.41, 5.74) is 4.04. The number of halogens is 2. The molecule has 0 aliphatic rings. The summed E-state index contributed by atoms with van der Waals surface area (Å²) in [4.78, 5) is 0. The van der Waals surface area contributed by atoms with Crippen LogP contribution in [0.2, 0.25) is 0 Å². The van der Waals surface area contributed by atoms with E-state index in [2.05, 4.69) is 42.1 Å². The minimum absolute atomic E-state index is 0.827. The molecule has 0 unspecified atom stereocenters. The van der Waals surface area contributed by atoms with Gasteiger partial charge in [-0.1, -0.05) is 12.1 Å². The number of nitrogens with zero attached hydrogens (tertiary/aromatic N) is 2. The molecule has 0 radical (unpaired) electrons. The van der Waals surface area contributed by atoms with Gasteiger partial charge in [-0.2, -0.15) is 0 Å². The lowest BCUT2D eigenvalue weighted by molar-refractivity contribution is 1.21. The van der Waals surface area contributed by atoms with Gasteiger partial charge in [0.05, 0.1) is 11.4 Å². The monoisotopic (exact) mass is 366 g/mol. The molecule has 18 heavy (non-hydrogen) atoms. The fraction of sp³-hybridized carbons (Fsp3) is 0.143. The van der Waals surface area contributed by atoms with E-state index in [0.717, 1.165) is 20.3 Å². The zero-order valence-corrected chi connectivity index (χ0v) is 13.3. The van der Waals surface area contributed by atoms with E-state index in [1.165, 1.54) is 11.1 Å². The third kappa shape index (κ3) is 3.27. The second-order valence-electron chi connectivity index (χ2n) is 4.11. The fourth-order valence-corrected chi connectivity index (χ4v) is 2.64. The molecule has 2 aromatic rings. The topological polar surface area (TPSA) is 24.7 Å². The lowest BCUT2D eigenvalue weighted by Crippen LogP contribution is -1.74. The van der Waals surface area contributed by atoms with Crippen LogP contribution >= 0.6 is 31.9 Å². The maximum absolute atomic E-state index is 4.26. The van der Waals surface area contributed by atoms with Crippen LogP contribution in [-0.2, 0) is 0 Å². The Balaban J connectivity index is 2.30. The normalized spacial score (nSPS) is 11.1. The number of benzene rings is 2. The molecular weight excluding hydrogens is 356 g/mol. The summed E-state index contributed by atoms with van der Waals surface area (Å²) in [6.07, 6.45) is 0. The Labute approximate surface area is 123 Å². The van der Waals surface area contributed by atoms with Gasteiger partial charge in [-0.25, -0.2) is 0 Å². The van der Waals surface area contributed by atoms with Crippen molar-refractivity contribution in [3.05, 3.63) is 56.5 Å². The maximum atomic E-state index is 4.26. The van der Waals surface area contributed by atoms with Crippen molar-refractivity contribution in [3.8, 4) is 0 Å². The van der Waals surface area contributed by atoms with Gasteiger partial charge < -0.3 is 0 Å². The van der Waals surface area contributed by atoms with Gasteiger partial charge in [0, 0.05) is 8.95 Å². The molecule has 0 aliphatic carbocycles. The third-order valence-corrected chi connectivity index (χ3v) is 3.74. The van der Waals surface area contributed by atoms with Crippen molar-refractivity contribution in [1.29, 1.82) is 0 Å². The van der Waals surface area contributed by atoms with Crippen molar-refractivity contribution in [2.45, 2.75) is 13.8 Å². The number of rotatable bonds is 2. The molecule has 0 fully saturated rings. The fourth-order valence-electron chi connectivity index (χ4n) is 1.49. The Morgan fingerprint density at radius 1 is 0.722 bits per heavy atom. The number of azo groups is 1. The SMILES string of the molecule is Cc1ccc(N=Nc2ccc(C)cc2Br)c(Br)c1. The molecule has 0 spiro atoms. The van der Waals surface area contributed by atoms with Crippen LogP contribution in [-0.4, -0.2) is 0 Å². The first-order valence-corrected chi connectivity index (χ1v) is 7.09. The van der Waals surface area contributed by atoms with Gasteiger partial charge in [0.25, 0.3) is 0 Å². The van der Waals surface area contributed by atoms with E-state index >= 15 is 0 Å². The van der Waals surface area contributed by atoms with Gasteiger partial charge in [0.1, 0.15) is 0 Å². The molecular formula is C14H12Br2N2. The Kier molecular flexibility index (Phi) is 4.30. The van der Waals surface area contributed by atoms with Crippen LogP contribution < -0.4 is 0 Å². The molecule has 2 aromatic carbocycles. The van der Waals surface area contributed by atoms with Crippen molar-refractivity contribution in [2.75, 3.05) is 0 Å². The van der Waals surface area contributed by atoms with Crippen molar-refractivity contribution in [3.63, 3.8) is 0 Å². The van der Waals surface area contributed by atoms with E-state index in [0.29, 0.717) is 0 Å². The average Bonchev–Trinajstić information content (AvgIpc) is 2.30.